The number of hydrogen-bond acceptors (Lipinski definition) is 4. The quantitative estimate of drug-likeness (QED) is 0.859. The Morgan fingerprint density at radius 2 is 2.17 bits per heavy atom. The highest BCUT2D eigenvalue weighted by molar-refractivity contribution is 5.77. The number of rotatable bonds is 3. The van der Waals surface area contributed by atoms with Crippen LogP contribution in [0.5, 0.6) is 0 Å². The van der Waals surface area contributed by atoms with Gasteiger partial charge in [0.25, 0.3) is 5.56 Å². The summed E-state index contributed by atoms with van der Waals surface area (Å²) in [7, 11) is 0. The van der Waals surface area contributed by atoms with Crippen molar-refractivity contribution in [3.63, 3.8) is 0 Å². The van der Waals surface area contributed by atoms with Gasteiger partial charge in [0, 0.05) is 32.2 Å². The van der Waals surface area contributed by atoms with E-state index in [0.717, 1.165) is 6.42 Å². The standard InChI is InChI=1S/C17H21N3O3/c1-13-7-10-23-11-9-20(13)16(21)6-8-19-12-18-15-5-3-2-4-14(15)17(19)22/h2-5,12-13H,6-11H2,1H3. The fraction of sp³-hybridized carbons (Fsp3) is 0.471. The molecule has 0 saturated carbocycles. The van der Waals surface area contributed by atoms with Crippen molar-refractivity contribution < 1.29 is 9.53 Å². The van der Waals surface area contributed by atoms with Crippen LogP contribution in [-0.2, 0) is 16.1 Å². The molecule has 1 unspecified atom stereocenters. The van der Waals surface area contributed by atoms with E-state index < -0.39 is 0 Å². The summed E-state index contributed by atoms with van der Waals surface area (Å²) in [5.74, 6) is 0.0584. The number of ether oxygens (including phenoxy) is 1. The van der Waals surface area contributed by atoms with Crippen LogP contribution in [-0.4, -0.2) is 46.2 Å². The molecule has 0 bridgehead atoms. The highest BCUT2D eigenvalue weighted by Crippen LogP contribution is 2.11. The van der Waals surface area contributed by atoms with E-state index in [2.05, 4.69) is 4.98 Å². The van der Waals surface area contributed by atoms with Crippen LogP contribution in [0.1, 0.15) is 19.8 Å². The lowest BCUT2D eigenvalue weighted by molar-refractivity contribution is -0.133. The van der Waals surface area contributed by atoms with Gasteiger partial charge in [-0.05, 0) is 25.5 Å². The van der Waals surface area contributed by atoms with E-state index in [4.69, 9.17) is 4.74 Å². The first-order valence-corrected chi connectivity index (χ1v) is 7.98. The van der Waals surface area contributed by atoms with Crippen LogP contribution in [0.4, 0.5) is 0 Å². The van der Waals surface area contributed by atoms with Crippen LogP contribution < -0.4 is 5.56 Å². The van der Waals surface area contributed by atoms with Gasteiger partial charge in [-0.25, -0.2) is 4.98 Å². The summed E-state index contributed by atoms with van der Waals surface area (Å²) in [5, 5.41) is 0.582. The smallest absolute Gasteiger partial charge is 0.261 e. The third kappa shape index (κ3) is 3.42. The molecule has 3 rings (SSSR count). The molecular weight excluding hydrogens is 294 g/mol. The molecule has 122 valence electrons. The minimum atomic E-state index is -0.101. The number of hydrogen-bond donors (Lipinski definition) is 0. The summed E-state index contributed by atoms with van der Waals surface area (Å²) >= 11 is 0. The number of benzene rings is 1. The maximum Gasteiger partial charge on any atom is 0.261 e. The maximum absolute atomic E-state index is 12.4. The Labute approximate surface area is 134 Å². The van der Waals surface area contributed by atoms with Crippen molar-refractivity contribution >= 4 is 16.8 Å². The summed E-state index contributed by atoms with van der Waals surface area (Å²) in [6, 6.07) is 7.42. The lowest BCUT2D eigenvalue weighted by Gasteiger charge is -2.26. The van der Waals surface area contributed by atoms with E-state index in [0.29, 0.717) is 43.6 Å². The molecule has 2 heterocycles. The van der Waals surface area contributed by atoms with Crippen LogP contribution >= 0.6 is 0 Å². The predicted molar refractivity (Wildman–Crippen MR) is 87.2 cm³/mol. The van der Waals surface area contributed by atoms with Gasteiger partial charge in [0.15, 0.2) is 0 Å². The lowest BCUT2D eigenvalue weighted by Crippen LogP contribution is -2.40. The monoisotopic (exact) mass is 315 g/mol. The molecule has 1 amide bonds. The molecule has 0 N–H and O–H groups in total. The average Bonchev–Trinajstić information content (AvgIpc) is 2.79. The van der Waals surface area contributed by atoms with E-state index in [1.54, 1.807) is 6.07 Å². The zero-order chi connectivity index (χ0) is 16.2. The molecule has 1 aliphatic heterocycles. The van der Waals surface area contributed by atoms with Gasteiger partial charge < -0.3 is 9.64 Å². The first-order chi connectivity index (χ1) is 11.2. The van der Waals surface area contributed by atoms with Crippen molar-refractivity contribution in [1.29, 1.82) is 0 Å². The van der Waals surface area contributed by atoms with E-state index in [-0.39, 0.29) is 17.5 Å². The highest BCUT2D eigenvalue weighted by Gasteiger charge is 2.22. The Morgan fingerprint density at radius 3 is 3.04 bits per heavy atom. The molecule has 1 saturated heterocycles. The molecule has 1 aromatic carbocycles. The summed E-state index contributed by atoms with van der Waals surface area (Å²) in [6.07, 6.45) is 2.67. The topological polar surface area (TPSA) is 64.4 Å². The van der Waals surface area contributed by atoms with E-state index in [1.807, 2.05) is 30.0 Å². The van der Waals surface area contributed by atoms with Crippen LogP contribution in [0, 0.1) is 0 Å². The van der Waals surface area contributed by atoms with Crippen molar-refractivity contribution in [2.45, 2.75) is 32.4 Å². The molecule has 23 heavy (non-hydrogen) atoms. The number of amides is 1. The molecule has 1 aliphatic rings. The SMILES string of the molecule is CC1CCOCCN1C(=O)CCn1cnc2ccccc2c1=O. The predicted octanol–water partition coefficient (Wildman–Crippen LogP) is 1.42. The number of fused-ring (bicyclic) bond motifs is 1. The number of carbonyl (C=O) groups is 1. The number of nitrogens with zero attached hydrogens (tertiary/aromatic N) is 3. The zero-order valence-corrected chi connectivity index (χ0v) is 13.3. The second-order valence-corrected chi connectivity index (χ2v) is 5.85. The summed E-state index contributed by atoms with van der Waals surface area (Å²) in [5.41, 5.74) is 0.578. The van der Waals surface area contributed by atoms with E-state index in [9.17, 15) is 9.59 Å². The van der Waals surface area contributed by atoms with Crippen molar-refractivity contribution in [1.82, 2.24) is 14.5 Å². The molecule has 0 radical (unpaired) electrons. The van der Waals surface area contributed by atoms with Crippen LogP contribution in [0.25, 0.3) is 10.9 Å². The molecule has 0 spiro atoms. The molecule has 1 aromatic heterocycles. The molecular formula is C17H21N3O3. The summed E-state index contributed by atoms with van der Waals surface area (Å²) in [6.45, 7) is 4.27. The Bertz CT molecular complexity index is 756. The van der Waals surface area contributed by atoms with Gasteiger partial charge in [-0.1, -0.05) is 12.1 Å². The van der Waals surface area contributed by atoms with Gasteiger partial charge in [-0.15, -0.1) is 0 Å². The fourth-order valence-corrected chi connectivity index (χ4v) is 2.89. The molecule has 2 aromatic rings. The minimum Gasteiger partial charge on any atom is -0.380 e. The first kappa shape index (κ1) is 15.7. The van der Waals surface area contributed by atoms with Crippen molar-refractivity contribution in [3.8, 4) is 0 Å². The number of para-hydroxylation sites is 1. The van der Waals surface area contributed by atoms with Crippen LogP contribution in [0.3, 0.4) is 0 Å². The summed E-state index contributed by atoms with van der Waals surface area (Å²) in [4.78, 5) is 31.0. The van der Waals surface area contributed by atoms with E-state index in [1.165, 1.54) is 10.9 Å². The number of aromatic nitrogens is 2. The largest absolute Gasteiger partial charge is 0.380 e. The lowest BCUT2D eigenvalue weighted by atomic mass is 10.2. The van der Waals surface area contributed by atoms with Crippen molar-refractivity contribution in [3.05, 3.63) is 40.9 Å². The number of carbonyl (C=O) groups excluding carboxylic acids is 1. The Morgan fingerprint density at radius 1 is 1.35 bits per heavy atom. The minimum absolute atomic E-state index is 0.0584. The first-order valence-electron chi connectivity index (χ1n) is 7.98. The van der Waals surface area contributed by atoms with Gasteiger partial charge in [0.05, 0.1) is 23.8 Å². The van der Waals surface area contributed by atoms with E-state index >= 15 is 0 Å². The second kappa shape index (κ2) is 6.91. The van der Waals surface area contributed by atoms with Crippen molar-refractivity contribution in [2.75, 3.05) is 19.8 Å². The van der Waals surface area contributed by atoms with Gasteiger partial charge in [0.2, 0.25) is 5.91 Å². The fourth-order valence-electron chi connectivity index (χ4n) is 2.89. The second-order valence-electron chi connectivity index (χ2n) is 5.85. The molecule has 0 aliphatic carbocycles. The maximum atomic E-state index is 12.4. The third-order valence-corrected chi connectivity index (χ3v) is 4.31. The molecule has 1 fully saturated rings. The van der Waals surface area contributed by atoms with Crippen molar-refractivity contribution in [2.24, 2.45) is 0 Å². The number of aryl methyl sites for hydroxylation is 1. The van der Waals surface area contributed by atoms with Crippen LogP contribution in [0.2, 0.25) is 0 Å². The Kier molecular flexibility index (Phi) is 4.71. The molecule has 1 atom stereocenters. The van der Waals surface area contributed by atoms with Crippen LogP contribution in [0.15, 0.2) is 35.4 Å². The van der Waals surface area contributed by atoms with Gasteiger partial charge >= 0.3 is 0 Å². The van der Waals surface area contributed by atoms with Gasteiger partial charge in [-0.3, -0.25) is 14.2 Å². The Balaban J connectivity index is 1.71. The highest BCUT2D eigenvalue weighted by atomic mass is 16.5. The third-order valence-electron chi connectivity index (χ3n) is 4.31. The molecule has 6 nitrogen and oxygen atoms in total. The zero-order valence-electron chi connectivity index (χ0n) is 13.3. The normalized spacial score (nSPS) is 18.8. The van der Waals surface area contributed by atoms with Gasteiger partial charge in [0.1, 0.15) is 0 Å². The summed E-state index contributed by atoms with van der Waals surface area (Å²) < 4.78 is 6.93. The van der Waals surface area contributed by atoms with Gasteiger partial charge in [-0.2, -0.15) is 0 Å². The Hall–Kier alpha value is -2.21. The molecule has 6 heteroatoms. The average molecular weight is 315 g/mol.